The molecule has 1 atom stereocenters. The fourth-order valence-corrected chi connectivity index (χ4v) is 1.11. The minimum absolute atomic E-state index is 0.181. The number of hydrogen-bond donors (Lipinski definition) is 1. The van der Waals surface area contributed by atoms with E-state index in [1.54, 1.807) is 6.92 Å². The maximum absolute atomic E-state index is 12.3. The second-order valence-electron chi connectivity index (χ2n) is 3.51. The molecule has 13 heavy (non-hydrogen) atoms. The second-order valence-corrected chi connectivity index (χ2v) is 3.51. The molecule has 0 aliphatic heterocycles. The van der Waals surface area contributed by atoms with Crippen LogP contribution in [0.5, 0.6) is 0 Å². The summed E-state index contributed by atoms with van der Waals surface area (Å²) in [6.07, 6.45) is -3.93. The van der Waals surface area contributed by atoms with Crippen molar-refractivity contribution in [2.75, 3.05) is 13.7 Å². The van der Waals surface area contributed by atoms with Gasteiger partial charge in [-0.3, -0.25) is 0 Å². The monoisotopic (exact) mass is 197 g/mol. The van der Waals surface area contributed by atoms with Gasteiger partial charge in [0, 0.05) is 13.7 Å². The van der Waals surface area contributed by atoms with Crippen molar-refractivity contribution < 1.29 is 17.9 Å². The zero-order valence-corrected chi connectivity index (χ0v) is 7.74. The molecule has 78 valence electrons. The standard InChI is InChI=1S/C8H14F3NO/c1-6(13-2)5-12-7(3-4-7)8(9,10)11/h6,12H,3-5H2,1-2H3. The van der Waals surface area contributed by atoms with Crippen molar-refractivity contribution >= 4 is 0 Å². The van der Waals surface area contributed by atoms with E-state index < -0.39 is 11.7 Å². The van der Waals surface area contributed by atoms with E-state index in [9.17, 15) is 13.2 Å². The molecule has 0 amide bonds. The molecule has 1 fully saturated rings. The van der Waals surface area contributed by atoms with Gasteiger partial charge in [-0.1, -0.05) is 0 Å². The fraction of sp³-hybridized carbons (Fsp3) is 1.00. The minimum atomic E-state index is -4.12. The van der Waals surface area contributed by atoms with Crippen molar-refractivity contribution in [1.29, 1.82) is 0 Å². The Morgan fingerprint density at radius 1 is 1.46 bits per heavy atom. The lowest BCUT2D eigenvalue weighted by Gasteiger charge is -2.22. The summed E-state index contributed by atoms with van der Waals surface area (Å²) in [7, 11) is 1.49. The van der Waals surface area contributed by atoms with Crippen molar-refractivity contribution in [2.45, 2.75) is 37.6 Å². The van der Waals surface area contributed by atoms with Crippen LogP contribution in [0.15, 0.2) is 0 Å². The van der Waals surface area contributed by atoms with Crippen LogP contribution in [0.4, 0.5) is 13.2 Å². The molecule has 2 nitrogen and oxygen atoms in total. The molecule has 0 radical (unpaired) electrons. The quantitative estimate of drug-likeness (QED) is 0.740. The first-order valence-electron chi connectivity index (χ1n) is 4.26. The van der Waals surface area contributed by atoms with Crippen molar-refractivity contribution in [3.63, 3.8) is 0 Å². The predicted octanol–water partition coefficient (Wildman–Crippen LogP) is 1.71. The summed E-state index contributed by atoms with van der Waals surface area (Å²) >= 11 is 0. The molecule has 1 aliphatic carbocycles. The average molecular weight is 197 g/mol. The summed E-state index contributed by atoms with van der Waals surface area (Å²) in [6.45, 7) is 1.98. The van der Waals surface area contributed by atoms with Crippen LogP contribution in [0.3, 0.4) is 0 Å². The molecule has 1 N–H and O–H groups in total. The van der Waals surface area contributed by atoms with Gasteiger partial charge in [-0.25, -0.2) is 0 Å². The lowest BCUT2D eigenvalue weighted by Crippen LogP contribution is -2.47. The second kappa shape index (κ2) is 3.46. The number of hydrogen-bond acceptors (Lipinski definition) is 2. The molecule has 0 saturated heterocycles. The van der Waals surface area contributed by atoms with Gasteiger partial charge in [0.2, 0.25) is 0 Å². The van der Waals surface area contributed by atoms with Gasteiger partial charge in [-0.2, -0.15) is 13.2 Å². The highest BCUT2D eigenvalue weighted by atomic mass is 19.4. The van der Waals surface area contributed by atoms with Crippen LogP contribution < -0.4 is 5.32 Å². The molecule has 0 heterocycles. The van der Waals surface area contributed by atoms with Crippen LogP contribution >= 0.6 is 0 Å². The Balaban J connectivity index is 2.36. The normalized spacial score (nSPS) is 22.8. The number of methoxy groups -OCH3 is 1. The lowest BCUT2D eigenvalue weighted by molar-refractivity contribution is -0.166. The highest BCUT2D eigenvalue weighted by Gasteiger charge is 2.62. The van der Waals surface area contributed by atoms with Crippen LogP contribution in [0.2, 0.25) is 0 Å². The molecule has 0 spiro atoms. The summed E-state index contributed by atoms with van der Waals surface area (Å²) in [5, 5.41) is 2.51. The Morgan fingerprint density at radius 3 is 2.31 bits per heavy atom. The molecule has 1 rings (SSSR count). The van der Waals surface area contributed by atoms with E-state index in [0.717, 1.165) is 0 Å². The molecular weight excluding hydrogens is 183 g/mol. The number of rotatable bonds is 4. The van der Waals surface area contributed by atoms with E-state index in [0.29, 0.717) is 0 Å². The van der Waals surface area contributed by atoms with Crippen LogP contribution in [-0.2, 0) is 4.74 Å². The van der Waals surface area contributed by atoms with Gasteiger partial charge in [0.25, 0.3) is 0 Å². The first kappa shape index (κ1) is 10.8. The fourth-order valence-electron chi connectivity index (χ4n) is 1.11. The van der Waals surface area contributed by atoms with E-state index in [2.05, 4.69) is 5.32 Å². The maximum Gasteiger partial charge on any atom is 0.406 e. The Morgan fingerprint density at radius 2 is 2.00 bits per heavy atom. The molecule has 0 bridgehead atoms. The Bertz CT molecular complexity index is 177. The average Bonchev–Trinajstić information content (AvgIpc) is 2.79. The number of alkyl halides is 3. The largest absolute Gasteiger partial charge is 0.406 e. The highest BCUT2D eigenvalue weighted by Crippen LogP contribution is 2.48. The number of halogens is 3. The SMILES string of the molecule is COC(C)CNC1(C(F)(F)F)CC1. The smallest absolute Gasteiger partial charge is 0.380 e. The van der Waals surface area contributed by atoms with Crippen molar-refractivity contribution in [2.24, 2.45) is 0 Å². The molecule has 1 aliphatic rings. The Kier molecular flexibility index (Phi) is 2.87. The molecule has 0 aromatic heterocycles. The number of nitrogens with one attached hydrogen (secondary N) is 1. The summed E-state index contributed by atoms with van der Waals surface area (Å²) in [6, 6.07) is 0. The van der Waals surface area contributed by atoms with Crippen LogP contribution in [0, 0.1) is 0 Å². The van der Waals surface area contributed by atoms with Crippen molar-refractivity contribution in [3.05, 3.63) is 0 Å². The molecule has 1 saturated carbocycles. The van der Waals surface area contributed by atoms with Gasteiger partial charge >= 0.3 is 6.18 Å². The molecule has 5 heteroatoms. The van der Waals surface area contributed by atoms with E-state index in [1.165, 1.54) is 7.11 Å². The zero-order chi connectivity index (χ0) is 10.1. The summed E-state index contributed by atoms with van der Waals surface area (Å²) in [5.41, 5.74) is -1.61. The topological polar surface area (TPSA) is 21.3 Å². The molecular formula is C8H14F3NO. The molecule has 0 aromatic carbocycles. The van der Waals surface area contributed by atoms with Gasteiger partial charge in [0.05, 0.1) is 6.10 Å². The van der Waals surface area contributed by atoms with E-state index >= 15 is 0 Å². The maximum atomic E-state index is 12.3. The summed E-state index contributed by atoms with van der Waals surface area (Å²) in [4.78, 5) is 0. The van der Waals surface area contributed by atoms with Gasteiger partial charge < -0.3 is 10.1 Å². The van der Waals surface area contributed by atoms with Crippen LogP contribution in [0.25, 0.3) is 0 Å². The molecule has 0 aromatic rings. The van der Waals surface area contributed by atoms with Crippen molar-refractivity contribution in [3.8, 4) is 0 Å². The number of ether oxygens (including phenoxy) is 1. The third kappa shape index (κ3) is 2.34. The highest BCUT2D eigenvalue weighted by molar-refractivity contribution is 5.07. The molecule has 1 unspecified atom stereocenters. The van der Waals surface area contributed by atoms with E-state index in [1.807, 2.05) is 0 Å². The zero-order valence-electron chi connectivity index (χ0n) is 7.74. The summed E-state index contributed by atoms with van der Waals surface area (Å²) < 4.78 is 41.9. The minimum Gasteiger partial charge on any atom is -0.380 e. The third-order valence-corrected chi connectivity index (χ3v) is 2.42. The Hall–Kier alpha value is -0.290. The van der Waals surface area contributed by atoms with E-state index in [-0.39, 0.29) is 25.5 Å². The first-order valence-corrected chi connectivity index (χ1v) is 4.26. The van der Waals surface area contributed by atoms with Crippen molar-refractivity contribution in [1.82, 2.24) is 5.32 Å². The van der Waals surface area contributed by atoms with Gasteiger partial charge in [0.15, 0.2) is 0 Å². The lowest BCUT2D eigenvalue weighted by atomic mass is 10.2. The Labute approximate surface area is 75.4 Å². The van der Waals surface area contributed by atoms with E-state index in [4.69, 9.17) is 4.74 Å². The van der Waals surface area contributed by atoms with Gasteiger partial charge in [-0.15, -0.1) is 0 Å². The first-order chi connectivity index (χ1) is 5.91. The summed E-state index contributed by atoms with van der Waals surface area (Å²) in [5.74, 6) is 0. The van der Waals surface area contributed by atoms with Crippen LogP contribution in [0.1, 0.15) is 19.8 Å². The van der Waals surface area contributed by atoms with Gasteiger partial charge in [-0.05, 0) is 19.8 Å². The predicted molar refractivity (Wildman–Crippen MR) is 42.5 cm³/mol. The van der Waals surface area contributed by atoms with Gasteiger partial charge in [0.1, 0.15) is 5.54 Å². The van der Waals surface area contributed by atoms with Crippen LogP contribution in [-0.4, -0.2) is 31.5 Å². The third-order valence-electron chi connectivity index (χ3n) is 2.42.